The first-order chi connectivity index (χ1) is 8.89. The molecule has 2 bridgehead atoms. The van der Waals surface area contributed by atoms with Gasteiger partial charge in [0, 0.05) is 18.2 Å². The van der Waals surface area contributed by atoms with Crippen LogP contribution in [0.5, 0.6) is 0 Å². The molecule has 2 saturated carbocycles. The molecule has 2 aliphatic rings. The number of hydrogen-bond donors (Lipinski definition) is 0. The van der Waals surface area contributed by atoms with Crippen molar-refractivity contribution in [3.05, 3.63) is 30.3 Å². The Labute approximate surface area is 115 Å². The van der Waals surface area contributed by atoms with Gasteiger partial charge < -0.3 is 4.90 Å². The van der Waals surface area contributed by atoms with Crippen LogP contribution >= 0.6 is 0 Å². The summed E-state index contributed by atoms with van der Waals surface area (Å²) < 4.78 is 0. The lowest BCUT2D eigenvalue weighted by molar-refractivity contribution is -0.129. The maximum Gasteiger partial charge on any atom is 0.161 e. The van der Waals surface area contributed by atoms with Crippen LogP contribution in [0.4, 0.5) is 5.69 Å². The maximum absolute atomic E-state index is 12.9. The summed E-state index contributed by atoms with van der Waals surface area (Å²) in [5, 5.41) is 0. The molecule has 1 aromatic carbocycles. The number of Topliss-reactive ketones (excluding diaryl/α,β-unsaturated/α-hetero) is 1. The van der Waals surface area contributed by atoms with Gasteiger partial charge in [-0.2, -0.15) is 0 Å². The first-order valence-corrected chi connectivity index (χ1v) is 7.22. The molecule has 0 spiro atoms. The summed E-state index contributed by atoms with van der Waals surface area (Å²) >= 11 is 0. The van der Waals surface area contributed by atoms with Crippen molar-refractivity contribution in [2.75, 3.05) is 11.9 Å². The standard InChI is InChI=1S/C17H23NO/c1-16(2)13-10-11-17(16,3)15(19)14(13)18(4)12-8-6-5-7-9-12/h5-9,13-14H,10-11H2,1-4H3/t13-,14+,17+/m1/s1. The molecule has 0 aromatic heterocycles. The van der Waals surface area contributed by atoms with E-state index in [9.17, 15) is 4.79 Å². The van der Waals surface area contributed by atoms with Gasteiger partial charge in [0.2, 0.25) is 0 Å². The van der Waals surface area contributed by atoms with Gasteiger partial charge in [0.1, 0.15) is 0 Å². The lowest BCUT2D eigenvalue weighted by atomic mass is 9.70. The predicted octanol–water partition coefficient (Wildman–Crippen LogP) is 3.52. The molecule has 0 unspecified atom stereocenters. The average Bonchev–Trinajstić information content (AvgIpc) is 2.71. The summed E-state index contributed by atoms with van der Waals surface area (Å²) in [6.45, 7) is 6.73. The van der Waals surface area contributed by atoms with Crippen LogP contribution in [-0.2, 0) is 4.79 Å². The van der Waals surface area contributed by atoms with Gasteiger partial charge in [-0.15, -0.1) is 0 Å². The van der Waals surface area contributed by atoms with E-state index in [1.54, 1.807) is 0 Å². The zero-order valence-electron chi connectivity index (χ0n) is 12.3. The predicted molar refractivity (Wildman–Crippen MR) is 78.3 cm³/mol. The first kappa shape index (κ1) is 12.7. The molecule has 0 N–H and O–H groups in total. The van der Waals surface area contributed by atoms with Gasteiger partial charge in [-0.05, 0) is 36.3 Å². The number of hydrogen-bond acceptors (Lipinski definition) is 2. The molecular weight excluding hydrogens is 234 g/mol. The number of nitrogens with zero attached hydrogens (tertiary/aromatic N) is 1. The molecule has 2 aliphatic carbocycles. The molecule has 1 aromatic rings. The zero-order valence-corrected chi connectivity index (χ0v) is 12.3. The highest BCUT2D eigenvalue weighted by Crippen LogP contribution is 2.64. The molecule has 2 nitrogen and oxygen atoms in total. The van der Waals surface area contributed by atoms with Crippen LogP contribution in [0.25, 0.3) is 0 Å². The number of likely N-dealkylation sites (N-methyl/N-ethyl adjacent to an activating group) is 1. The lowest BCUT2D eigenvalue weighted by Gasteiger charge is -2.33. The van der Waals surface area contributed by atoms with E-state index in [0.29, 0.717) is 11.7 Å². The lowest BCUT2D eigenvalue weighted by Crippen LogP contribution is -2.44. The Bertz CT molecular complexity index is 507. The molecule has 2 fully saturated rings. The normalized spacial score (nSPS) is 35.7. The van der Waals surface area contributed by atoms with Gasteiger partial charge >= 0.3 is 0 Å². The van der Waals surface area contributed by atoms with Gasteiger partial charge in [-0.3, -0.25) is 4.79 Å². The van der Waals surface area contributed by atoms with Gasteiger partial charge in [0.25, 0.3) is 0 Å². The van der Waals surface area contributed by atoms with Gasteiger partial charge in [-0.1, -0.05) is 39.0 Å². The third-order valence-electron chi connectivity index (χ3n) is 6.08. The smallest absolute Gasteiger partial charge is 0.161 e. The first-order valence-electron chi connectivity index (χ1n) is 7.22. The van der Waals surface area contributed by atoms with Crippen molar-refractivity contribution in [2.45, 2.75) is 39.7 Å². The number of fused-ring (bicyclic) bond motifs is 2. The Hall–Kier alpha value is -1.31. The van der Waals surface area contributed by atoms with E-state index in [-0.39, 0.29) is 16.9 Å². The van der Waals surface area contributed by atoms with E-state index in [0.717, 1.165) is 12.1 Å². The summed E-state index contributed by atoms with van der Waals surface area (Å²) in [7, 11) is 2.07. The van der Waals surface area contributed by atoms with Crippen molar-refractivity contribution in [2.24, 2.45) is 16.7 Å². The van der Waals surface area contributed by atoms with Crippen LogP contribution in [0.1, 0.15) is 33.6 Å². The molecule has 3 atom stereocenters. The topological polar surface area (TPSA) is 20.3 Å². The van der Waals surface area contributed by atoms with Crippen molar-refractivity contribution in [3.8, 4) is 0 Å². The molecule has 0 saturated heterocycles. The Balaban J connectivity index is 1.98. The van der Waals surface area contributed by atoms with Crippen molar-refractivity contribution >= 4 is 11.5 Å². The zero-order chi connectivity index (χ0) is 13.8. The minimum absolute atomic E-state index is 0.0520. The van der Waals surface area contributed by atoms with Crippen molar-refractivity contribution < 1.29 is 4.79 Å². The molecule has 0 aliphatic heterocycles. The molecule has 2 heteroatoms. The third-order valence-corrected chi connectivity index (χ3v) is 6.08. The molecule has 102 valence electrons. The molecular formula is C17H23NO. The van der Waals surface area contributed by atoms with Crippen LogP contribution in [0.15, 0.2) is 30.3 Å². The van der Waals surface area contributed by atoms with E-state index in [1.165, 1.54) is 6.42 Å². The SMILES string of the molecule is CN(c1ccccc1)[C@@H]1C(=O)[C@]2(C)CC[C@H]1C2(C)C. The quantitative estimate of drug-likeness (QED) is 0.808. The molecule has 0 radical (unpaired) electrons. The average molecular weight is 257 g/mol. The molecule has 0 amide bonds. The van der Waals surface area contributed by atoms with Crippen LogP contribution in [0, 0.1) is 16.7 Å². The van der Waals surface area contributed by atoms with E-state index < -0.39 is 0 Å². The molecule has 3 rings (SSSR count). The highest BCUT2D eigenvalue weighted by molar-refractivity contribution is 5.96. The molecule has 0 heterocycles. The Morgan fingerprint density at radius 2 is 1.79 bits per heavy atom. The fraction of sp³-hybridized carbons (Fsp3) is 0.588. The minimum Gasteiger partial charge on any atom is -0.364 e. The second kappa shape index (κ2) is 3.84. The maximum atomic E-state index is 12.9. The van der Waals surface area contributed by atoms with Crippen molar-refractivity contribution in [1.82, 2.24) is 0 Å². The third kappa shape index (κ3) is 1.46. The summed E-state index contributed by atoms with van der Waals surface area (Å²) in [4.78, 5) is 15.1. The van der Waals surface area contributed by atoms with E-state index in [2.05, 4.69) is 44.9 Å². The van der Waals surface area contributed by atoms with Crippen LogP contribution in [0.2, 0.25) is 0 Å². The number of rotatable bonds is 2. The number of carbonyl (C=O) groups excluding carboxylic acids is 1. The van der Waals surface area contributed by atoms with Gasteiger partial charge in [0.15, 0.2) is 5.78 Å². The van der Waals surface area contributed by atoms with Crippen molar-refractivity contribution in [1.29, 1.82) is 0 Å². The summed E-state index contributed by atoms with van der Waals surface area (Å²) in [6.07, 6.45) is 2.24. The number of ketones is 1. The highest BCUT2D eigenvalue weighted by atomic mass is 16.1. The summed E-state index contributed by atoms with van der Waals surface area (Å²) in [5.74, 6) is 0.926. The largest absolute Gasteiger partial charge is 0.364 e. The monoisotopic (exact) mass is 257 g/mol. The fourth-order valence-electron chi connectivity index (χ4n) is 4.31. The number of benzene rings is 1. The van der Waals surface area contributed by atoms with Crippen LogP contribution < -0.4 is 4.90 Å². The second-order valence-electron chi connectivity index (χ2n) is 6.95. The Kier molecular flexibility index (Phi) is 2.57. The number of carbonyl (C=O) groups is 1. The molecule has 19 heavy (non-hydrogen) atoms. The van der Waals surface area contributed by atoms with Crippen LogP contribution in [-0.4, -0.2) is 18.9 Å². The Morgan fingerprint density at radius 1 is 1.16 bits per heavy atom. The second-order valence-corrected chi connectivity index (χ2v) is 6.95. The summed E-state index contributed by atoms with van der Waals surface area (Å²) in [5.41, 5.74) is 1.14. The van der Waals surface area contributed by atoms with E-state index >= 15 is 0 Å². The van der Waals surface area contributed by atoms with Gasteiger partial charge in [-0.25, -0.2) is 0 Å². The summed E-state index contributed by atoms with van der Waals surface area (Å²) in [6, 6.07) is 10.3. The van der Waals surface area contributed by atoms with Crippen LogP contribution in [0.3, 0.4) is 0 Å². The highest BCUT2D eigenvalue weighted by Gasteiger charge is 2.67. The number of para-hydroxylation sites is 1. The minimum atomic E-state index is -0.134. The Morgan fingerprint density at radius 3 is 2.32 bits per heavy atom. The van der Waals surface area contributed by atoms with E-state index in [4.69, 9.17) is 0 Å². The van der Waals surface area contributed by atoms with Gasteiger partial charge in [0.05, 0.1) is 6.04 Å². The number of anilines is 1. The fourth-order valence-corrected chi connectivity index (χ4v) is 4.31. The van der Waals surface area contributed by atoms with E-state index in [1.807, 2.05) is 18.2 Å². The van der Waals surface area contributed by atoms with Crippen molar-refractivity contribution in [3.63, 3.8) is 0 Å².